The molecule has 0 radical (unpaired) electrons. The van der Waals surface area contributed by atoms with Crippen LogP contribution in [0.1, 0.15) is 5.56 Å². The van der Waals surface area contributed by atoms with Gasteiger partial charge in [0.05, 0.1) is 0 Å². The molecule has 1 fully saturated rings. The number of carbonyl (C=O) groups is 2. The highest BCUT2D eigenvalue weighted by molar-refractivity contribution is 6.02. The van der Waals surface area contributed by atoms with Gasteiger partial charge in [0.25, 0.3) is 0 Å². The van der Waals surface area contributed by atoms with Crippen LogP contribution in [0.2, 0.25) is 0 Å². The van der Waals surface area contributed by atoms with Crippen LogP contribution in [0.5, 0.6) is 0 Å². The van der Waals surface area contributed by atoms with Crippen molar-refractivity contribution >= 4 is 18.0 Å². The van der Waals surface area contributed by atoms with E-state index in [4.69, 9.17) is 0 Å². The Morgan fingerprint density at radius 1 is 1.20 bits per heavy atom. The molecule has 0 aromatic heterocycles. The van der Waals surface area contributed by atoms with Gasteiger partial charge in [-0.05, 0) is 11.6 Å². The molecule has 0 bridgehead atoms. The molecule has 0 saturated carbocycles. The van der Waals surface area contributed by atoms with E-state index in [0.717, 1.165) is 5.56 Å². The van der Waals surface area contributed by atoms with Crippen molar-refractivity contribution < 1.29 is 9.59 Å². The molecule has 1 aromatic carbocycles. The standard InChI is InChI=1S/C11H10N2O2/c14-10-8-13(11(15)12-10)7-6-9-4-2-1-3-5-9/h1-7H,8H2,(H,12,14,15)/b7-6+. The number of benzene rings is 1. The summed E-state index contributed by atoms with van der Waals surface area (Å²) in [5, 5.41) is 2.20. The van der Waals surface area contributed by atoms with E-state index in [1.807, 2.05) is 30.3 Å². The lowest BCUT2D eigenvalue weighted by molar-refractivity contribution is -0.118. The van der Waals surface area contributed by atoms with E-state index in [0.29, 0.717) is 0 Å². The zero-order valence-corrected chi connectivity index (χ0v) is 8.01. The normalized spacial score (nSPS) is 16.1. The number of nitrogens with one attached hydrogen (secondary N) is 1. The second-order valence-electron chi connectivity index (χ2n) is 3.21. The Morgan fingerprint density at radius 2 is 1.93 bits per heavy atom. The third kappa shape index (κ3) is 2.22. The number of carbonyl (C=O) groups excluding carboxylic acids is 2. The molecule has 4 nitrogen and oxygen atoms in total. The van der Waals surface area contributed by atoms with Gasteiger partial charge in [-0.1, -0.05) is 30.3 Å². The van der Waals surface area contributed by atoms with Gasteiger partial charge in [-0.25, -0.2) is 4.79 Å². The van der Waals surface area contributed by atoms with Gasteiger partial charge in [-0.15, -0.1) is 0 Å². The van der Waals surface area contributed by atoms with Crippen LogP contribution in [0.3, 0.4) is 0 Å². The highest BCUT2D eigenvalue weighted by atomic mass is 16.2. The van der Waals surface area contributed by atoms with Crippen molar-refractivity contribution in [2.45, 2.75) is 0 Å². The molecular weight excluding hydrogens is 192 g/mol. The van der Waals surface area contributed by atoms with Gasteiger partial charge in [0.2, 0.25) is 5.91 Å². The zero-order valence-electron chi connectivity index (χ0n) is 8.01. The molecule has 1 aliphatic heterocycles. The average molecular weight is 202 g/mol. The number of urea groups is 1. The zero-order chi connectivity index (χ0) is 10.7. The number of imide groups is 1. The maximum absolute atomic E-state index is 11.1. The van der Waals surface area contributed by atoms with E-state index in [9.17, 15) is 9.59 Å². The molecule has 4 heteroatoms. The molecular formula is C11H10N2O2. The summed E-state index contributed by atoms with van der Waals surface area (Å²) in [6.45, 7) is 0.0994. The van der Waals surface area contributed by atoms with E-state index < -0.39 is 0 Å². The van der Waals surface area contributed by atoms with Gasteiger partial charge < -0.3 is 0 Å². The van der Waals surface area contributed by atoms with Gasteiger partial charge in [0.15, 0.2) is 0 Å². The van der Waals surface area contributed by atoms with Crippen LogP contribution < -0.4 is 5.32 Å². The van der Waals surface area contributed by atoms with E-state index in [1.165, 1.54) is 4.90 Å². The predicted molar refractivity (Wildman–Crippen MR) is 55.7 cm³/mol. The minimum absolute atomic E-state index is 0.0994. The largest absolute Gasteiger partial charge is 0.328 e. The molecule has 0 atom stereocenters. The summed E-state index contributed by atoms with van der Waals surface area (Å²) >= 11 is 0. The molecule has 76 valence electrons. The SMILES string of the molecule is O=C1CN(/C=C/c2ccccc2)C(=O)N1. The van der Waals surface area contributed by atoms with Crippen LogP contribution in [0.25, 0.3) is 6.08 Å². The van der Waals surface area contributed by atoms with Crippen LogP contribution in [0, 0.1) is 0 Å². The highest BCUT2D eigenvalue weighted by Crippen LogP contribution is 2.05. The molecule has 0 unspecified atom stereocenters. The van der Waals surface area contributed by atoms with Crippen molar-refractivity contribution in [1.29, 1.82) is 0 Å². The molecule has 2 rings (SSSR count). The molecule has 0 aliphatic carbocycles. The number of rotatable bonds is 2. The fraction of sp³-hybridized carbons (Fsp3) is 0.0909. The molecule has 1 aromatic rings. The fourth-order valence-electron chi connectivity index (χ4n) is 1.32. The first kappa shape index (κ1) is 9.45. The van der Waals surface area contributed by atoms with Gasteiger partial charge in [0.1, 0.15) is 6.54 Å². The van der Waals surface area contributed by atoms with Crippen molar-refractivity contribution in [2.75, 3.05) is 6.54 Å². The summed E-state index contributed by atoms with van der Waals surface area (Å²) < 4.78 is 0. The third-order valence-corrected chi connectivity index (χ3v) is 2.07. The Balaban J connectivity index is 2.06. The topological polar surface area (TPSA) is 49.4 Å². The van der Waals surface area contributed by atoms with Crippen LogP contribution in [0.15, 0.2) is 36.5 Å². The Hall–Kier alpha value is -2.10. The van der Waals surface area contributed by atoms with E-state index in [1.54, 1.807) is 12.3 Å². The summed E-state index contributed by atoms with van der Waals surface area (Å²) in [5.41, 5.74) is 0.990. The highest BCUT2D eigenvalue weighted by Gasteiger charge is 2.24. The quantitative estimate of drug-likeness (QED) is 0.733. The van der Waals surface area contributed by atoms with Crippen molar-refractivity contribution in [2.24, 2.45) is 0 Å². The summed E-state index contributed by atoms with van der Waals surface area (Å²) in [7, 11) is 0. The summed E-state index contributed by atoms with van der Waals surface area (Å²) in [4.78, 5) is 23.4. The first-order valence-corrected chi connectivity index (χ1v) is 4.59. The van der Waals surface area contributed by atoms with Gasteiger partial charge in [-0.2, -0.15) is 0 Å². The molecule has 0 spiro atoms. The molecule has 1 saturated heterocycles. The minimum atomic E-state index is -0.368. The Bertz CT molecular complexity index is 412. The van der Waals surface area contributed by atoms with Gasteiger partial charge in [-0.3, -0.25) is 15.0 Å². The minimum Gasteiger partial charge on any atom is -0.291 e. The number of amides is 3. The fourth-order valence-corrected chi connectivity index (χ4v) is 1.32. The number of hydrogen-bond acceptors (Lipinski definition) is 2. The van der Waals surface area contributed by atoms with E-state index >= 15 is 0 Å². The first-order chi connectivity index (χ1) is 7.25. The third-order valence-electron chi connectivity index (χ3n) is 2.07. The average Bonchev–Trinajstić information content (AvgIpc) is 2.56. The van der Waals surface area contributed by atoms with Crippen molar-refractivity contribution in [1.82, 2.24) is 10.2 Å². The maximum Gasteiger partial charge on any atom is 0.328 e. The van der Waals surface area contributed by atoms with Crippen LogP contribution in [0.4, 0.5) is 4.79 Å². The predicted octanol–water partition coefficient (Wildman–Crippen LogP) is 1.21. The lowest BCUT2D eigenvalue weighted by atomic mass is 10.2. The van der Waals surface area contributed by atoms with Gasteiger partial charge >= 0.3 is 6.03 Å². The van der Waals surface area contributed by atoms with Gasteiger partial charge in [0, 0.05) is 6.20 Å². The molecule has 15 heavy (non-hydrogen) atoms. The van der Waals surface area contributed by atoms with Crippen LogP contribution in [-0.4, -0.2) is 23.4 Å². The Kier molecular flexibility index (Phi) is 2.49. The summed E-state index contributed by atoms with van der Waals surface area (Å²) in [6.07, 6.45) is 3.40. The Labute approximate surface area is 87.2 Å². The second kappa shape index (κ2) is 3.96. The summed E-state index contributed by atoms with van der Waals surface area (Å²) in [6, 6.07) is 9.22. The monoisotopic (exact) mass is 202 g/mol. The lowest BCUT2D eigenvalue weighted by Gasteiger charge is -2.04. The summed E-state index contributed by atoms with van der Waals surface area (Å²) in [5.74, 6) is -0.266. The second-order valence-corrected chi connectivity index (χ2v) is 3.21. The van der Waals surface area contributed by atoms with Crippen LogP contribution in [-0.2, 0) is 4.79 Å². The number of nitrogens with zero attached hydrogens (tertiary/aromatic N) is 1. The van der Waals surface area contributed by atoms with E-state index in [2.05, 4.69) is 5.32 Å². The first-order valence-electron chi connectivity index (χ1n) is 4.59. The maximum atomic E-state index is 11.1. The van der Waals surface area contributed by atoms with Crippen LogP contribution >= 0.6 is 0 Å². The van der Waals surface area contributed by atoms with Crippen molar-refractivity contribution in [3.63, 3.8) is 0 Å². The smallest absolute Gasteiger partial charge is 0.291 e. The molecule has 1 aliphatic rings. The van der Waals surface area contributed by atoms with Crippen molar-refractivity contribution in [3.8, 4) is 0 Å². The van der Waals surface area contributed by atoms with E-state index in [-0.39, 0.29) is 18.5 Å². The number of hydrogen-bond donors (Lipinski definition) is 1. The lowest BCUT2D eigenvalue weighted by Crippen LogP contribution is -2.23. The Morgan fingerprint density at radius 3 is 2.53 bits per heavy atom. The molecule has 1 heterocycles. The van der Waals surface area contributed by atoms with Crippen molar-refractivity contribution in [3.05, 3.63) is 42.1 Å². The molecule has 1 N–H and O–H groups in total. The molecule has 3 amide bonds.